The van der Waals surface area contributed by atoms with Crippen molar-refractivity contribution in [3.8, 4) is 0 Å². The van der Waals surface area contributed by atoms with Crippen LogP contribution in [-0.2, 0) is 27.2 Å². The van der Waals surface area contributed by atoms with Gasteiger partial charge in [-0.25, -0.2) is 0 Å². The number of piperazine rings is 1. The second-order valence-electron chi connectivity index (χ2n) is 8.74. The number of carbonyl (C=O) groups is 2. The number of hydrogen-bond donors (Lipinski definition) is 1. The zero-order valence-corrected chi connectivity index (χ0v) is 17.4. The van der Waals surface area contributed by atoms with Crippen LogP contribution >= 0.6 is 0 Å². The van der Waals surface area contributed by atoms with Crippen molar-refractivity contribution in [2.75, 3.05) is 39.9 Å². The van der Waals surface area contributed by atoms with Crippen LogP contribution in [0, 0.1) is 5.92 Å². The van der Waals surface area contributed by atoms with E-state index in [1.165, 1.54) is 11.1 Å². The lowest BCUT2D eigenvalue weighted by Crippen LogP contribution is -2.59. The van der Waals surface area contributed by atoms with Gasteiger partial charge < -0.3 is 15.0 Å². The highest BCUT2D eigenvalue weighted by atomic mass is 16.5. The van der Waals surface area contributed by atoms with E-state index in [9.17, 15) is 9.59 Å². The van der Waals surface area contributed by atoms with E-state index in [1.807, 2.05) is 11.9 Å². The Bertz CT molecular complexity index is 707. The quantitative estimate of drug-likeness (QED) is 0.790. The Labute approximate surface area is 173 Å². The Balaban J connectivity index is 1.34. The van der Waals surface area contributed by atoms with Crippen LogP contribution in [0.2, 0.25) is 0 Å². The van der Waals surface area contributed by atoms with Gasteiger partial charge in [-0.2, -0.15) is 0 Å². The average Bonchev–Trinajstić information content (AvgIpc) is 3.18. The average molecular weight is 400 g/mol. The van der Waals surface area contributed by atoms with Gasteiger partial charge in [0.2, 0.25) is 11.8 Å². The lowest BCUT2D eigenvalue weighted by Gasteiger charge is -2.39. The third-order valence-electron chi connectivity index (χ3n) is 6.88. The molecule has 0 spiro atoms. The molecule has 2 saturated heterocycles. The molecule has 1 aromatic rings. The molecule has 2 amide bonds. The van der Waals surface area contributed by atoms with Gasteiger partial charge in [-0.15, -0.1) is 0 Å². The molecule has 1 aromatic carbocycles. The van der Waals surface area contributed by atoms with Crippen molar-refractivity contribution in [1.82, 2.24) is 15.1 Å². The summed E-state index contributed by atoms with van der Waals surface area (Å²) in [7, 11) is 1.87. The first-order valence-corrected chi connectivity index (χ1v) is 11.0. The van der Waals surface area contributed by atoms with E-state index >= 15 is 0 Å². The van der Waals surface area contributed by atoms with Gasteiger partial charge in [0.1, 0.15) is 0 Å². The molecule has 2 fully saturated rings. The summed E-state index contributed by atoms with van der Waals surface area (Å²) in [5, 5.41) is 2.97. The molecule has 2 heterocycles. The molecule has 0 bridgehead atoms. The largest absolute Gasteiger partial charge is 0.381 e. The van der Waals surface area contributed by atoms with E-state index in [2.05, 4.69) is 34.5 Å². The Morgan fingerprint density at radius 2 is 1.90 bits per heavy atom. The maximum atomic E-state index is 12.9. The van der Waals surface area contributed by atoms with Gasteiger partial charge in [-0.3, -0.25) is 14.5 Å². The molecular weight excluding hydrogens is 366 g/mol. The predicted octanol–water partition coefficient (Wildman–Crippen LogP) is 1.62. The monoisotopic (exact) mass is 399 g/mol. The van der Waals surface area contributed by atoms with Gasteiger partial charge in [0.05, 0.1) is 12.5 Å². The second kappa shape index (κ2) is 9.26. The zero-order chi connectivity index (χ0) is 20.2. The fourth-order valence-corrected chi connectivity index (χ4v) is 5.01. The highest BCUT2D eigenvalue weighted by molar-refractivity contribution is 5.88. The minimum atomic E-state index is -0.360. The van der Waals surface area contributed by atoms with Crippen LogP contribution in [0.1, 0.15) is 36.8 Å². The molecule has 0 unspecified atom stereocenters. The Morgan fingerprint density at radius 3 is 2.59 bits per heavy atom. The van der Waals surface area contributed by atoms with E-state index < -0.39 is 0 Å². The predicted molar refractivity (Wildman–Crippen MR) is 112 cm³/mol. The number of rotatable bonds is 6. The van der Waals surface area contributed by atoms with Gasteiger partial charge >= 0.3 is 0 Å². The molecular formula is C23H33N3O3. The van der Waals surface area contributed by atoms with E-state index in [4.69, 9.17) is 4.74 Å². The Hall–Kier alpha value is -1.92. The summed E-state index contributed by atoms with van der Waals surface area (Å²) >= 11 is 0. The van der Waals surface area contributed by atoms with Crippen molar-refractivity contribution < 1.29 is 14.3 Å². The van der Waals surface area contributed by atoms with Crippen LogP contribution in [0.25, 0.3) is 0 Å². The van der Waals surface area contributed by atoms with E-state index in [0.29, 0.717) is 18.5 Å². The van der Waals surface area contributed by atoms with Crippen molar-refractivity contribution in [3.05, 3.63) is 35.4 Å². The van der Waals surface area contributed by atoms with Crippen LogP contribution in [0.4, 0.5) is 0 Å². The molecule has 0 aromatic heterocycles. The minimum absolute atomic E-state index is 0.00150. The number of nitrogens with one attached hydrogen (secondary N) is 1. The topological polar surface area (TPSA) is 61.9 Å². The summed E-state index contributed by atoms with van der Waals surface area (Å²) in [4.78, 5) is 29.7. The van der Waals surface area contributed by atoms with Gasteiger partial charge in [-0.05, 0) is 49.1 Å². The van der Waals surface area contributed by atoms with Crippen LogP contribution in [-0.4, -0.2) is 73.6 Å². The van der Waals surface area contributed by atoms with E-state index in [0.717, 1.165) is 58.4 Å². The van der Waals surface area contributed by atoms with Gasteiger partial charge in [0, 0.05) is 45.9 Å². The lowest BCUT2D eigenvalue weighted by molar-refractivity contribution is -0.139. The first kappa shape index (κ1) is 20.4. The van der Waals surface area contributed by atoms with Crippen molar-refractivity contribution in [2.24, 2.45) is 5.92 Å². The normalized spacial score (nSPS) is 23.6. The summed E-state index contributed by atoms with van der Waals surface area (Å²) in [5.74, 6) is 0.712. The van der Waals surface area contributed by atoms with Gasteiger partial charge in [0.25, 0.3) is 0 Å². The highest BCUT2D eigenvalue weighted by Gasteiger charge is 2.38. The lowest BCUT2D eigenvalue weighted by atomic mass is 9.96. The Morgan fingerprint density at radius 1 is 1.21 bits per heavy atom. The summed E-state index contributed by atoms with van der Waals surface area (Å²) < 4.78 is 5.42. The summed E-state index contributed by atoms with van der Waals surface area (Å²) in [6, 6.07) is 8.48. The summed E-state index contributed by atoms with van der Waals surface area (Å²) in [6.45, 7) is 3.91. The third kappa shape index (κ3) is 4.81. The third-order valence-corrected chi connectivity index (χ3v) is 6.88. The standard InChI is InChI=1S/C23H33N3O3/c1-25(10-6-17-7-12-29-13-8-17)22(27)16-21-23(28)24-9-11-26(21)20-14-18-4-2-3-5-19(18)15-20/h2-5,17,20-21H,6-16H2,1H3,(H,24,28)/t21-/m0/s1. The van der Waals surface area contributed by atoms with Crippen LogP contribution in [0.3, 0.4) is 0 Å². The van der Waals surface area contributed by atoms with Crippen LogP contribution in [0.15, 0.2) is 24.3 Å². The second-order valence-corrected chi connectivity index (χ2v) is 8.74. The Kier molecular flexibility index (Phi) is 6.50. The molecule has 0 radical (unpaired) electrons. The maximum Gasteiger partial charge on any atom is 0.237 e. The maximum absolute atomic E-state index is 12.9. The van der Waals surface area contributed by atoms with Crippen LogP contribution in [0.5, 0.6) is 0 Å². The molecule has 1 aliphatic carbocycles. The number of hydrogen-bond acceptors (Lipinski definition) is 4. The fraction of sp³-hybridized carbons (Fsp3) is 0.652. The fourth-order valence-electron chi connectivity index (χ4n) is 5.01. The molecule has 6 heteroatoms. The molecule has 158 valence electrons. The molecule has 29 heavy (non-hydrogen) atoms. The van der Waals surface area contributed by atoms with Crippen molar-refractivity contribution in [2.45, 2.75) is 50.6 Å². The molecule has 2 aliphatic heterocycles. The van der Waals surface area contributed by atoms with E-state index in [1.54, 1.807) is 0 Å². The van der Waals surface area contributed by atoms with E-state index in [-0.39, 0.29) is 24.3 Å². The smallest absolute Gasteiger partial charge is 0.237 e. The number of benzene rings is 1. The van der Waals surface area contributed by atoms with Crippen molar-refractivity contribution >= 4 is 11.8 Å². The SMILES string of the molecule is CN(CCC1CCOCC1)C(=O)C[C@H]1C(=O)NCCN1C1Cc2ccccc2C1. The zero-order valence-electron chi connectivity index (χ0n) is 17.4. The molecule has 6 nitrogen and oxygen atoms in total. The number of nitrogens with zero attached hydrogens (tertiary/aromatic N) is 2. The first-order valence-electron chi connectivity index (χ1n) is 11.0. The summed E-state index contributed by atoms with van der Waals surface area (Å²) in [6.07, 6.45) is 5.39. The van der Waals surface area contributed by atoms with Crippen LogP contribution < -0.4 is 5.32 Å². The van der Waals surface area contributed by atoms with Crippen molar-refractivity contribution in [3.63, 3.8) is 0 Å². The molecule has 1 atom stereocenters. The first-order chi connectivity index (χ1) is 14.1. The number of carbonyl (C=O) groups excluding carboxylic acids is 2. The number of ether oxygens (including phenoxy) is 1. The number of fused-ring (bicyclic) bond motifs is 1. The summed E-state index contributed by atoms with van der Waals surface area (Å²) in [5.41, 5.74) is 2.75. The molecule has 0 saturated carbocycles. The molecule has 3 aliphatic rings. The molecule has 1 N–H and O–H groups in total. The number of amides is 2. The highest BCUT2D eigenvalue weighted by Crippen LogP contribution is 2.28. The minimum Gasteiger partial charge on any atom is -0.381 e. The van der Waals surface area contributed by atoms with Crippen molar-refractivity contribution in [1.29, 1.82) is 0 Å². The molecule has 4 rings (SSSR count). The van der Waals surface area contributed by atoms with Gasteiger partial charge in [-0.1, -0.05) is 24.3 Å². The van der Waals surface area contributed by atoms with Gasteiger partial charge in [0.15, 0.2) is 0 Å².